The zero-order valence-corrected chi connectivity index (χ0v) is 15.0. The van der Waals surface area contributed by atoms with Gasteiger partial charge < -0.3 is 10.2 Å². The van der Waals surface area contributed by atoms with Crippen molar-refractivity contribution in [3.8, 4) is 0 Å². The SMILES string of the molecule is CCCN(CCC)c1cncc(C(=O)NCc2ccc(Cl)cc2)c1. The highest BCUT2D eigenvalue weighted by molar-refractivity contribution is 6.30. The summed E-state index contributed by atoms with van der Waals surface area (Å²) in [5, 5.41) is 3.61. The average molecular weight is 346 g/mol. The van der Waals surface area contributed by atoms with Gasteiger partial charge in [-0.1, -0.05) is 37.6 Å². The third kappa shape index (κ3) is 5.24. The van der Waals surface area contributed by atoms with Crippen LogP contribution in [0.1, 0.15) is 42.6 Å². The van der Waals surface area contributed by atoms with Crippen LogP contribution in [0, 0.1) is 0 Å². The molecule has 1 aromatic carbocycles. The van der Waals surface area contributed by atoms with Gasteiger partial charge in [0.15, 0.2) is 0 Å². The van der Waals surface area contributed by atoms with Gasteiger partial charge >= 0.3 is 0 Å². The number of amides is 1. The molecule has 0 spiro atoms. The Morgan fingerprint density at radius 3 is 2.42 bits per heavy atom. The van der Waals surface area contributed by atoms with Crippen molar-refractivity contribution >= 4 is 23.2 Å². The summed E-state index contributed by atoms with van der Waals surface area (Å²) < 4.78 is 0. The van der Waals surface area contributed by atoms with Crippen LogP contribution in [-0.4, -0.2) is 24.0 Å². The Hall–Kier alpha value is -2.07. The monoisotopic (exact) mass is 345 g/mol. The Morgan fingerprint density at radius 1 is 1.12 bits per heavy atom. The largest absolute Gasteiger partial charge is 0.370 e. The fourth-order valence-electron chi connectivity index (χ4n) is 2.52. The summed E-state index contributed by atoms with van der Waals surface area (Å²) in [5.74, 6) is -0.118. The predicted octanol–water partition coefficient (Wildman–Crippen LogP) is 4.29. The molecule has 0 saturated heterocycles. The van der Waals surface area contributed by atoms with Gasteiger partial charge in [0.1, 0.15) is 0 Å². The first-order valence-electron chi connectivity index (χ1n) is 8.36. The summed E-state index contributed by atoms with van der Waals surface area (Å²) in [5.41, 5.74) is 2.59. The minimum atomic E-state index is -0.118. The van der Waals surface area contributed by atoms with Gasteiger partial charge in [0.2, 0.25) is 0 Å². The zero-order valence-electron chi connectivity index (χ0n) is 14.3. The second kappa shape index (κ2) is 9.28. The molecule has 128 valence electrons. The molecule has 0 bridgehead atoms. The summed E-state index contributed by atoms with van der Waals surface area (Å²) in [6.07, 6.45) is 5.55. The highest BCUT2D eigenvalue weighted by atomic mass is 35.5. The summed E-state index contributed by atoms with van der Waals surface area (Å²) in [7, 11) is 0. The Balaban J connectivity index is 2.03. The fraction of sp³-hybridized carbons (Fsp3) is 0.368. The van der Waals surface area contributed by atoms with E-state index in [0.717, 1.165) is 37.2 Å². The van der Waals surface area contributed by atoms with Crippen molar-refractivity contribution in [2.45, 2.75) is 33.2 Å². The molecule has 5 heteroatoms. The number of anilines is 1. The number of carbonyl (C=O) groups excluding carboxylic acids is 1. The molecule has 0 unspecified atom stereocenters. The van der Waals surface area contributed by atoms with E-state index in [-0.39, 0.29) is 5.91 Å². The van der Waals surface area contributed by atoms with Crippen LogP contribution in [0.2, 0.25) is 5.02 Å². The number of halogens is 1. The second-order valence-corrected chi connectivity index (χ2v) is 6.16. The van der Waals surface area contributed by atoms with Crippen LogP contribution >= 0.6 is 11.6 Å². The first-order valence-corrected chi connectivity index (χ1v) is 8.74. The number of carbonyl (C=O) groups is 1. The lowest BCUT2D eigenvalue weighted by Gasteiger charge is -2.23. The van der Waals surface area contributed by atoms with Gasteiger partial charge in [-0.25, -0.2) is 0 Å². The highest BCUT2D eigenvalue weighted by Gasteiger charge is 2.10. The molecule has 1 aromatic heterocycles. The van der Waals surface area contributed by atoms with Crippen molar-refractivity contribution in [2.75, 3.05) is 18.0 Å². The number of nitrogens with one attached hydrogen (secondary N) is 1. The van der Waals surface area contributed by atoms with Gasteiger partial charge in [0, 0.05) is 30.9 Å². The van der Waals surface area contributed by atoms with Crippen LogP contribution < -0.4 is 10.2 Å². The summed E-state index contributed by atoms with van der Waals surface area (Å²) >= 11 is 5.87. The van der Waals surface area contributed by atoms with Crippen molar-refractivity contribution < 1.29 is 4.79 Å². The minimum absolute atomic E-state index is 0.118. The number of pyridine rings is 1. The van der Waals surface area contributed by atoms with E-state index in [0.29, 0.717) is 17.1 Å². The maximum Gasteiger partial charge on any atom is 0.253 e. The molecular weight excluding hydrogens is 322 g/mol. The second-order valence-electron chi connectivity index (χ2n) is 5.73. The topological polar surface area (TPSA) is 45.2 Å². The van der Waals surface area contributed by atoms with Crippen LogP contribution in [0.4, 0.5) is 5.69 Å². The standard InChI is InChI=1S/C19H24ClN3O/c1-3-9-23(10-4-2)18-11-16(13-21-14-18)19(24)22-12-15-5-7-17(20)8-6-15/h5-8,11,13-14H,3-4,9-10,12H2,1-2H3,(H,22,24). The van der Waals surface area contributed by atoms with Crippen LogP contribution in [0.3, 0.4) is 0 Å². The molecule has 0 saturated carbocycles. The summed E-state index contributed by atoms with van der Waals surface area (Å²) in [4.78, 5) is 18.9. The molecule has 1 heterocycles. The number of nitrogens with zero attached hydrogens (tertiary/aromatic N) is 2. The normalized spacial score (nSPS) is 10.5. The van der Waals surface area contributed by atoms with Gasteiger partial charge in [-0.15, -0.1) is 0 Å². The van der Waals surface area contributed by atoms with Crippen molar-refractivity contribution in [1.29, 1.82) is 0 Å². The van der Waals surface area contributed by atoms with E-state index in [1.807, 2.05) is 36.5 Å². The van der Waals surface area contributed by atoms with E-state index >= 15 is 0 Å². The third-order valence-electron chi connectivity index (χ3n) is 3.70. The predicted molar refractivity (Wildman–Crippen MR) is 99.7 cm³/mol. The summed E-state index contributed by atoms with van der Waals surface area (Å²) in [6, 6.07) is 9.36. The van der Waals surface area contributed by atoms with E-state index in [9.17, 15) is 4.79 Å². The van der Waals surface area contributed by atoms with E-state index in [1.54, 1.807) is 6.20 Å². The van der Waals surface area contributed by atoms with Gasteiger partial charge in [-0.3, -0.25) is 9.78 Å². The lowest BCUT2D eigenvalue weighted by molar-refractivity contribution is 0.0950. The summed E-state index contributed by atoms with van der Waals surface area (Å²) in [6.45, 7) is 6.70. The number of rotatable bonds is 8. The van der Waals surface area contributed by atoms with E-state index < -0.39 is 0 Å². The lowest BCUT2D eigenvalue weighted by atomic mass is 10.2. The molecule has 24 heavy (non-hydrogen) atoms. The molecule has 1 amide bonds. The number of benzene rings is 1. The van der Waals surface area contributed by atoms with Crippen LogP contribution in [0.5, 0.6) is 0 Å². The molecule has 4 nitrogen and oxygen atoms in total. The Kier molecular flexibility index (Phi) is 7.07. The third-order valence-corrected chi connectivity index (χ3v) is 3.96. The van der Waals surface area contributed by atoms with E-state index in [2.05, 4.69) is 29.0 Å². The first kappa shape index (κ1) is 18.3. The van der Waals surface area contributed by atoms with E-state index in [4.69, 9.17) is 11.6 Å². The molecule has 2 rings (SSSR count). The number of hydrogen-bond acceptors (Lipinski definition) is 3. The maximum atomic E-state index is 12.4. The quantitative estimate of drug-likeness (QED) is 0.776. The van der Waals surface area contributed by atoms with Crippen molar-refractivity contribution in [1.82, 2.24) is 10.3 Å². The fourth-order valence-corrected chi connectivity index (χ4v) is 2.65. The molecule has 0 fully saturated rings. The molecular formula is C19H24ClN3O. The molecule has 0 atom stereocenters. The molecule has 0 radical (unpaired) electrons. The molecule has 0 aliphatic carbocycles. The van der Waals surface area contributed by atoms with Crippen molar-refractivity contribution in [2.24, 2.45) is 0 Å². The molecule has 0 aliphatic rings. The van der Waals surface area contributed by atoms with Gasteiger partial charge in [0.25, 0.3) is 5.91 Å². The average Bonchev–Trinajstić information content (AvgIpc) is 2.61. The van der Waals surface area contributed by atoms with Gasteiger partial charge in [-0.2, -0.15) is 0 Å². The van der Waals surface area contributed by atoms with Crippen molar-refractivity contribution in [3.63, 3.8) is 0 Å². The van der Waals surface area contributed by atoms with Gasteiger partial charge in [0.05, 0.1) is 17.4 Å². The zero-order chi connectivity index (χ0) is 17.4. The van der Waals surface area contributed by atoms with Gasteiger partial charge in [-0.05, 0) is 36.6 Å². The molecule has 1 N–H and O–H groups in total. The number of aromatic nitrogens is 1. The Bertz CT molecular complexity index is 652. The van der Waals surface area contributed by atoms with Crippen LogP contribution in [0.15, 0.2) is 42.7 Å². The Morgan fingerprint density at radius 2 is 1.79 bits per heavy atom. The van der Waals surface area contributed by atoms with Crippen LogP contribution in [0.25, 0.3) is 0 Å². The highest BCUT2D eigenvalue weighted by Crippen LogP contribution is 2.16. The first-order chi connectivity index (χ1) is 11.6. The lowest BCUT2D eigenvalue weighted by Crippen LogP contribution is -2.26. The molecule has 2 aromatic rings. The number of hydrogen-bond donors (Lipinski definition) is 1. The smallest absolute Gasteiger partial charge is 0.253 e. The van der Waals surface area contributed by atoms with Crippen molar-refractivity contribution in [3.05, 3.63) is 58.9 Å². The molecule has 0 aliphatic heterocycles. The maximum absolute atomic E-state index is 12.4. The minimum Gasteiger partial charge on any atom is -0.370 e. The van der Waals surface area contributed by atoms with E-state index in [1.165, 1.54) is 0 Å². The van der Waals surface area contributed by atoms with Crippen LogP contribution in [-0.2, 0) is 6.54 Å². The Labute approximate surface area is 148 Å².